The number of rotatable bonds is 7. The zero-order chi connectivity index (χ0) is 22.9. The molecule has 0 spiro atoms. The van der Waals surface area contributed by atoms with Crippen LogP contribution in [0.1, 0.15) is 23.2 Å². The topological polar surface area (TPSA) is 79.9 Å². The van der Waals surface area contributed by atoms with Crippen LogP contribution in [0, 0.1) is 0 Å². The summed E-state index contributed by atoms with van der Waals surface area (Å²) in [5.41, 5.74) is 1.02. The van der Waals surface area contributed by atoms with E-state index in [9.17, 15) is 9.59 Å². The monoisotopic (exact) mass is 495 g/mol. The van der Waals surface area contributed by atoms with E-state index >= 15 is 0 Å². The normalized spacial score (nSPS) is 13.4. The molecule has 170 valence electrons. The van der Waals surface area contributed by atoms with Gasteiger partial charge in [-0.25, -0.2) is 0 Å². The fourth-order valence-corrected chi connectivity index (χ4v) is 3.75. The summed E-state index contributed by atoms with van der Waals surface area (Å²) in [5.74, 6) is 0.143. The number of ether oxygens (including phenoxy) is 2. The van der Waals surface area contributed by atoms with Crippen LogP contribution >= 0.6 is 35.4 Å². The first-order chi connectivity index (χ1) is 15.4. The minimum Gasteiger partial charge on any atom is -0.492 e. The second-order valence-corrected chi connectivity index (χ2v) is 8.23. The lowest BCUT2D eigenvalue weighted by atomic mass is 10.1. The van der Waals surface area contributed by atoms with Gasteiger partial charge in [0.1, 0.15) is 5.75 Å². The van der Waals surface area contributed by atoms with Crippen LogP contribution in [0.5, 0.6) is 5.75 Å². The molecule has 0 unspecified atom stereocenters. The first kappa shape index (κ1) is 24.3. The van der Waals surface area contributed by atoms with Gasteiger partial charge in [-0.1, -0.05) is 35.3 Å². The third-order valence-corrected chi connectivity index (χ3v) is 5.39. The lowest BCUT2D eigenvalue weighted by Crippen LogP contribution is -2.41. The summed E-state index contributed by atoms with van der Waals surface area (Å²) in [6, 6.07) is 12.0. The van der Waals surface area contributed by atoms with E-state index in [1.54, 1.807) is 47.4 Å². The van der Waals surface area contributed by atoms with Crippen LogP contribution in [0.25, 0.3) is 0 Å². The number of morpholine rings is 1. The second-order valence-electron chi connectivity index (χ2n) is 6.98. The van der Waals surface area contributed by atoms with E-state index in [1.807, 2.05) is 0 Å². The Labute approximate surface area is 202 Å². The number of amides is 2. The molecule has 0 atom stereocenters. The minimum atomic E-state index is -0.259. The number of benzene rings is 2. The van der Waals surface area contributed by atoms with Crippen molar-refractivity contribution in [3.8, 4) is 5.75 Å². The number of carbonyl (C=O) groups is 2. The molecule has 1 aliphatic rings. The number of thiocarbonyl (C=S) groups is 1. The van der Waals surface area contributed by atoms with Crippen LogP contribution in [0.2, 0.25) is 10.0 Å². The number of hydrogen-bond donors (Lipinski definition) is 2. The third-order valence-electron chi connectivity index (χ3n) is 4.66. The summed E-state index contributed by atoms with van der Waals surface area (Å²) in [7, 11) is 0. The molecule has 0 aliphatic carbocycles. The number of nitrogens with one attached hydrogen (secondary N) is 2. The van der Waals surface area contributed by atoms with Crippen LogP contribution in [0.15, 0.2) is 42.5 Å². The largest absolute Gasteiger partial charge is 0.492 e. The second kappa shape index (κ2) is 12.0. The van der Waals surface area contributed by atoms with Gasteiger partial charge >= 0.3 is 0 Å². The highest BCUT2D eigenvalue weighted by Gasteiger charge is 2.21. The van der Waals surface area contributed by atoms with Gasteiger partial charge in [-0.05, 0) is 49.0 Å². The molecule has 0 radical (unpaired) electrons. The summed E-state index contributed by atoms with van der Waals surface area (Å²) in [4.78, 5) is 26.8. The van der Waals surface area contributed by atoms with Gasteiger partial charge in [-0.2, -0.15) is 0 Å². The van der Waals surface area contributed by atoms with Gasteiger partial charge in [-0.15, -0.1) is 0 Å². The molecule has 2 aromatic carbocycles. The maximum Gasteiger partial charge on any atom is 0.256 e. The molecule has 32 heavy (non-hydrogen) atoms. The van der Waals surface area contributed by atoms with Gasteiger partial charge in [0.15, 0.2) is 5.11 Å². The molecule has 1 aliphatic heterocycles. The minimum absolute atomic E-state index is 0.108. The Bertz CT molecular complexity index is 983. The van der Waals surface area contributed by atoms with E-state index in [0.717, 1.165) is 0 Å². The van der Waals surface area contributed by atoms with Crippen molar-refractivity contribution in [2.24, 2.45) is 0 Å². The highest BCUT2D eigenvalue weighted by Crippen LogP contribution is 2.27. The first-order valence-electron chi connectivity index (χ1n) is 10.1. The smallest absolute Gasteiger partial charge is 0.256 e. The molecular formula is C22H23Cl2N3O4S. The van der Waals surface area contributed by atoms with Crippen molar-refractivity contribution < 1.29 is 19.1 Å². The third kappa shape index (κ3) is 7.06. The predicted molar refractivity (Wildman–Crippen MR) is 129 cm³/mol. The van der Waals surface area contributed by atoms with E-state index in [2.05, 4.69) is 10.6 Å². The van der Waals surface area contributed by atoms with E-state index in [1.165, 1.54) is 0 Å². The zero-order valence-corrected chi connectivity index (χ0v) is 19.6. The zero-order valence-electron chi connectivity index (χ0n) is 17.2. The average molecular weight is 496 g/mol. The summed E-state index contributed by atoms with van der Waals surface area (Å²) in [6.07, 6.45) is 0.681. The molecule has 1 saturated heterocycles. The maximum absolute atomic E-state index is 12.8. The number of halogens is 2. The number of nitrogens with zero attached hydrogens (tertiary/aromatic N) is 1. The molecule has 0 aromatic heterocycles. The number of para-hydroxylation sites is 1. The average Bonchev–Trinajstić information content (AvgIpc) is 2.78. The highest BCUT2D eigenvalue weighted by atomic mass is 35.5. The summed E-state index contributed by atoms with van der Waals surface area (Å²) in [6.45, 7) is 2.43. The molecule has 2 N–H and O–H groups in total. The standard InChI is InChI=1S/C22H23Cl2N3O4S/c23-15-7-8-19(17(24)14-15)31-11-3-6-20(28)26-22(32)25-18-5-2-1-4-16(18)21(29)27-9-12-30-13-10-27/h1-2,4-5,7-8,14H,3,6,9-13H2,(H2,25,26,28,32). The Kier molecular flexibility index (Phi) is 9.11. The fourth-order valence-electron chi connectivity index (χ4n) is 3.07. The van der Waals surface area contributed by atoms with Crippen molar-refractivity contribution in [3.05, 3.63) is 58.1 Å². The molecule has 7 nitrogen and oxygen atoms in total. The quantitative estimate of drug-likeness (QED) is 0.443. The van der Waals surface area contributed by atoms with Crippen LogP contribution < -0.4 is 15.4 Å². The van der Waals surface area contributed by atoms with Crippen molar-refractivity contribution in [2.75, 3.05) is 38.2 Å². The summed E-state index contributed by atoms with van der Waals surface area (Å²) >= 11 is 17.2. The van der Waals surface area contributed by atoms with Gasteiger partial charge in [-0.3, -0.25) is 9.59 Å². The number of anilines is 1. The highest BCUT2D eigenvalue weighted by molar-refractivity contribution is 7.80. The van der Waals surface area contributed by atoms with Crippen molar-refractivity contribution in [1.29, 1.82) is 0 Å². The molecule has 0 bridgehead atoms. The molecular weight excluding hydrogens is 473 g/mol. The van der Waals surface area contributed by atoms with E-state index in [4.69, 9.17) is 44.9 Å². The molecule has 2 aromatic rings. The Morgan fingerprint density at radius 2 is 1.88 bits per heavy atom. The van der Waals surface area contributed by atoms with Crippen LogP contribution in [0.4, 0.5) is 5.69 Å². The van der Waals surface area contributed by atoms with E-state index in [0.29, 0.717) is 66.4 Å². The molecule has 2 amide bonds. The van der Waals surface area contributed by atoms with Gasteiger partial charge in [0.05, 0.1) is 36.1 Å². The first-order valence-corrected chi connectivity index (χ1v) is 11.2. The van der Waals surface area contributed by atoms with Gasteiger partial charge in [0, 0.05) is 24.5 Å². The van der Waals surface area contributed by atoms with E-state index < -0.39 is 0 Å². The lowest BCUT2D eigenvalue weighted by molar-refractivity contribution is -0.119. The van der Waals surface area contributed by atoms with Crippen molar-refractivity contribution in [1.82, 2.24) is 10.2 Å². The SMILES string of the molecule is O=C(CCCOc1ccc(Cl)cc1Cl)NC(=S)Nc1ccccc1C(=O)N1CCOCC1. The number of carbonyl (C=O) groups excluding carboxylic acids is 2. The predicted octanol–water partition coefficient (Wildman–Crippen LogP) is 4.14. The molecule has 1 fully saturated rings. The molecule has 1 heterocycles. The Balaban J connectivity index is 1.46. The fraction of sp³-hybridized carbons (Fsp3) is 0.318. The molecule has 0 saturated carbocycles. The number of hydrogen-bond acceptors (Lipinski definition) is 5. The van der Waals surface area contributed by atoms with Crippen molar-refractivity contribution in [2.45, 2.75) is 12.8 Å². The molecule has 3 rings (SSSR count). The van der Waals surface area contributed by atoms with Crippen LogP contribution in [-0.2, 0) is 9.53 Å². The summed E-state index contributed by atoms with van der Waals surface area (Å²) in [5, 5.41) is 6.64. The van der Waals surface area contributed by atoms with Gasteiger partial charge in [0.25, 0.3) is 5.91 Å². The Morgan fingerprint density at radius 1 is 1.12 bits per heavy atom. The van der Waals surface area contributed by atoms with Crippen molar-refractivity contribution >= 4 is 58.0 Å². The molecule has 10 heteroatoms. The Morgan fingerprint density at radius 3 is 2.62 bits per heavy atom. The van der Waals surface area contributed by atoms with Crippen LogP contribution in [0.3, 0.4) is 0 Å². The maximum atomic E-state index is 12.8. The van der Waals surface area contributed by atoms with Crippen molar-refractivity contribution in [3.63, 3.8) is 0 Å². The van der Waals surface area contributed by atoms with Gasteiger partial charge < -0.3 is 25.0 Å². The van der Waals surface area contributed by atoms with Crippen LogP contribution in [-0.4, -0.2) is 54.7 Å². The van der Waals surface area contributed by atoms with E-state index in [-0.39, 0.29) is 23.3 Å². The Hall–Kier alpha value is -2.39. The lowest BCUT2D eigenvalue weighted by Gasteiger charge is -2.27. The van der Waals surface area contributed by atoms with Gasteiger partial charge in [0.2, 0.25) is 5.91 Å². The summed E-state index contributed by atoms with van der Waals surface area (Å²) < 4.78 is 10.9.